The van der Waals surface area contributed by atoms with Crippen LogP contribution in [0, 0.1) is 17.3 Å². The standard InChI is InChI=1S/C13H17N3O3/c1-7-5-13(6-9(7)13)12(19)14-3-2-8-4-10(11(17)18)16-15-8/h4,7,9H,2-3,5-6H2,1H3,(H,14,19)(H,15,16)(H,17,18)/t7-,9-,13+/m1/s1. The van der Waals surface area contributed by atoms with E-state index in [1.165, 1.54) is 6.07 Å². The Kier molecular flexibility index (Phi) is 2.62. The number of aromatic amines is 1. The lowest BCUT2D eigenvalue weighted by Gasteiger charge is -2.30. The van der Waals surface area contributed by atoms with Crippen molar-refractivity contribution in [1.29, 1.82) is 0 Å². The topological polar surface area (TPSA) is 95.1 Å². The van der Waals surface area contributed by atoms with E-state index < -0.39 is 5.97 Å². The van der Waals surface area contributed by atoms with Gasteiger partial charge in [-0.05, 0) is 30.7 Å². The van der Waals surface area contributed by atoms with E-state index in [0.29, 0.717) is 24.8 Å². The molecule has 1 amide bonds. The summed E-state index contributed by atoms with van der Waals surface area (Å²) in [7, 11) is 0. The predicted octanol–water partition coefficient (Wildman–Crippen LogP) is 0.813. The Morgan fingerprint density at radius 2 is 2.37 bits per heavy atom. The van der Waals surface area contributed by atoms with E-state index in [4.69, 9.17) is 5.11 Å². The number of carboxylic acid groups (broad SMARTS) is 1. The minimum absolute atomic E-state index is 0.00925. The zero-order valence-corrected chi connectivity index (χ0v) is 10.8. The first-order chi connectivity index (χ1) is 9.03. The largest absolute Gasteiger partial charge is 0.476 e. The van der Waals surface area contributed by atoms with Gasteiger partial charge in [0, 0.05) is 18.7 Å². The summed E-state index contributed by atoms with van der Waals surface area (Å²) in [6, 6.07) is 1.50. The lowest BCUT2D eigenvalue weighted by Crippen LogP contribution is -2.40. The van der Waals surface area contributed by atoms with Crippen LogP contribution in [0.25, 0.3) is 0 Å². The van der Waals surface area contributed by atoms with Crippen molar-refractivity contribution < 1.29 is 14.7 Å². The molecular formula is C13H17N3O3. The highest BCUT2D eigenvalue weighted by atomic mass is 16.4. The monoisotopic (exact) mass is 263 g/mol. The Morgan fingerprint density at radius 3 is 2.89 bits per heavy atom. The quantitative estimate of drug-likeness (QED) is 0.732. The van der Waals surface area contributed by atoms with E-state index in [1.54, 1.807) is 0 Å². The van der Waals surface area contributed by atoms with Crippen molar-refractivity contribution >= 4 is 11.9 Å². The molecule has 3 atom stereocenters. The molecule has 0 radical (unpaired) electrons. The molecule has 2 aliphatic rings. The molecule has 0 aliphatic heterocycles. The molecule has 1 heterocycles. The highest BCUT2D eigenvalue weighted by Gasteiger charge is 2.69. The number of fused-ring (bicyclic) bond motifs is 1. The number of carbonyl (C=O) groups excluding carboxylic acids is 1. The van der Waals surface area contributed by atoms with Gasteiger partial charge in [0.15, 0.2) is 5.69 Å². The molecule has 0 bridgehead atoms. The number of hydrogen-bond acceptors (Lipinski definition) is 3. The summed E-state index contributed by atoms with van der Waals surface area (Å²) < 4.78 is 0. The zero-order chi connectivity index (χ0) is 13.6. The molecule has 1 aromatic rings. The number of hydrogen-bond donors (Lipinski definition) is 3. The molecule has 0 unspecified atom stereocenters. The second-order valence-electron chi connectivity index (χ2n) is 5.74. The van der Waals surface area contributed by atoms with Crippen molar-refractivity contribution in [2.75, 3.05) is 6.54 Å². The molecule has 6 heteroatoms. The molecule has 0 spiro atoms. The van der Waals surface area contributed by atoms with Crippen LogP contribution >= 0.6 is 0 Å². The number of nitrogens with one attached hydrogen (secondary N) is 2. The van der Waals surface area contributed by atoms with Crippen LogP contribution in [0.1, 0.15) is 35.9 Å². The highest BCUT2D eigenvalue weighted by molar-refractivity contribution is 5.87. The van der Waals surface area contributed by atoms with Gasteiger partial charge >= 0.3 is 5.97 Å². The Bertz CT molecular complexity index is 539. The fraction of sp³-hybridized carbons (Fsp3) is 0.615. The maximum Gasteiger partial charge on any atom is 0.356 e. The molecule has 19 heavy (non-hydrogen) atoms. The van der Waals surface area contributed by atoms with Gasteiger partial charge in [-0.2, -0.15) is 5.10 Å². The Labute approximate surface area is 110 Å². The molecule has 0 aromatic carbocycles. The Morgan fingerprint density at radius 1 is 1.58 bits per heavy atom. The Hall–Kier alpha value is -1.85. The van der Waals surface area contributed by atoms with E-state index in [2.05, 4.69) is 22.4 Å². The van der Waals surface area contributed by atoms with Crippen molar-refractivity contribution in [2.45, 2.75) is 26.2 Å². The lowest BCUT2D eigenvalue weighted by atomic mass is 9.75. The number of H-pyrrole nitrogens is 1. The molecule has 0 saturated heterocycles. The smallest absolute Gasteiger partial charge is 0.356 e. The molecule has 2 fully saturated rings. The number of aromatic carboxylic acids is 1. The number of amides is 1. The van der Waals surface area contributed by atoms with Crippen molar-refractivity contribution in [3.05, 3.63) is 17.5 Å². The number of rotatable bonds is 5. The van der Waals surface area contributed by atoms with Crippen molar-refractivity contribution in [3.63, 3.8) is 0 Å². The van der Waals surface area contributed by atoms with E-state index in [-0.39, 0.29) is 17.0 Å². The highest BCUT2D eigenvalue weighted by Crippen LogP contribution is 2.70. The summed E-state index contributed by atoms with van der Waals surface area (Å²) in [5.74, 6) is 0.401. The van der Waals surface area contributed by atoms with E-state index >= 15 is 0 Å². The van der Waals surface area contributed by atoms with Crippen LogP contribution in [0.5, 0.6) is 0 Å². The third-order valence-corrected chi connectivity index (χ3v) is 4.49. The van der Waals surface area contributed by atoms with Crippen LogP contribution in [0.4, 0.5) is 0 Å². The van der Waals surface area contributed by atoms with Crippen LogP contribution in [0.3, 0.4) is 0 Å². The van der Waals surface area contributed by atoms with Gasteiger partial charge in [-0.15, -0.1) is 0 Å². The maximum absolute atomic E-state index is 12.0. The summed E-state index contributed by atoms with van der Waals surface area (Å²) in [6.07, 6.45) is 2.62. The second-order valence-corrected chi connectivity index (χ2v) is 5.74. The van der Waals surface area contributed by atoms with E-state index in [0.717, 1.165) is 18.5 Å². The fourth-order valence-electron chi connectivity index (χ4n) is 3.31. The maximum atomic E-state index is 12.0. The summed E-state index contributed by atoms with van der Waals surface area (Å²) in [5, 5.41) is 18.0. The molecule has 3 N–H and O–H groups in total. The average Bonchev–Trinajstić information content (AvgIpc) is 2.75. The average molecular weight is 263 g/mol. The van der Waals surface area contributed by atoms with Gasteiger partial charge in [-0.25, -0.2) is 4.79 Å². The first-order valence-electron chi connectivity index (χ1n) is 6.59. The van der Waals surface area contributed by atoms with Gasteiger partial charge in [0.25, 0.3) is 0 Å². The van der Waals surface area contributed by atoms with Crippen LogP contribution in [-0.2, 0) is 11.2 Å². The molecule has 6 nitrogen and oxygen atoms in total. The predicted molar refractivity (Wildman–Crippen MR) is 66.6 cm³/mol. The van der Waals surface area contributed by atoms with Gasteiger partial charge in [0.05, 0.1) is 5.41 Å². The first-order valence-corrected chi connectivity index (χ1v) is 6.59. The molecule has 102 valence electrons. The fourth-order valence-corrected chi connectivity index (χ4v) is 3.31. The van der Waals surface area contributed by atoms with Gasteiger partial charge in [0.1, 0.15) is 0 Å². The van der Waals surface area contributed by atoms with Crippen LogP contribution in [0.15, 0.2) is 6.07 Å². The summed E-state index contributed by atoms with van der Waals surface area (Å²) >= 11 is 0. The van der Waals surface area contributed by atoms with E-state index in [1.807, 2.05) is 0 Å². The minimum atomic E-state index is -1.05. The SMILES string of the molecule is C[C@@H]1C[C@]2(C(=O)NCCc3cc(C(=O)O)n[nH]3)C[C@H]12. The van der Waals surface area contributed by atoms with Gasteiger partial charge < -0.3 is 10.4 Å². The van der Waals surface area contributed by atoms with Crippen molar-refractivity contribution in [1.82, 2.24) is 15.5 Å². The molecule has 1 aromatic heterocycles. The zero-order valence-electron chi connectivity index (χ0n) is 10.8. The number of aromatic nitrogens is 2. The minimum Gasteiger partial charge on any atom is -0.476 e. The van der Waals surface area contributed by atoms with Crippen LogP contribution in [-0.4, -0.2) is 33.7 Å². The van der Waals surface area contributed by atoms with Crippen molar-refractivity contribution in [2.24, 2.45) is 17.3 Å². The normalized spacial score (nSPS) is 31.2. The van der Waals surface area contributed by atoms with Crippen LogP contribution < -0.4 is 5.32 Å². The number of carboxylic acids is 1. The molecule has 3 rings (SSSR count). The van der Waals surface area contributed by atoms with Gasteiger partial charge in [-0.1, -0.05) is 6.92 Å². The van der Waals surface area contributed by atoms with E-state index in [9.17, 15) is 9.59 Å². The van der Waals surface area contributed by atoms with Gasteiger partial charge in [0.2, 0.25) is 5.91 Å². The van der Waals surface area contributed by atoms with Crippen LogP contribution in [0.2, 0.25) is 0 Å². The first kappa shape index (κ1) is 12.2. The summed E-state index contributed by atoms with van der Waals surface area (Å²) in [4.78, 5) is 22.7. The third-order valence-electron chi connectivity index (χ3n) is 4.49. The molecule has 2 saturated carbocycles. The lowest BCUT2D eigenvalue weighted by molar-refractivity contribution is -0.130. The Balaban J connectivity index is 1.46. The number of carbonyl (C=O) groups is 2. The summed E-state index contributed by atoms with van der Waals surface area (Å²) in [5.41, 5.74) is 0.680. The second kappa shape index (κ2) is 4.08. The summed E-state index contributed by atoms with van der Waals surface area (Å²) in [6.45, 7) is 2.71. The number of nitrogens with zero attached hydrogens (tertiary/aromatic N) is 1. The van der Waals surface area contributed by atoms with Crippen molar-refractivity contribution in [3.8, 4) is 0 Å². The third kappa shape index (κ3) is 1.91. The van der Waals surface area contributed by atoms with Gasteiger partial charge in [-0.3, -0.25) is 9.89 Å². The molecule has 2 aliphatic carbocycles. The molecular weight excluding hydrogens is 246 g/mol.